The van der Waals surface area contributed by atoms with E-state index in [2.05, 4.69) is 15.4 Å². The molecule has 24 heavy (non-hydrogen) atoms. The molecule has 2 heterocycles. The van der Waals surface area contributed by atoms with Crippen molar-refractivity contribution in [1.29, 1.82) is 0 Å². The maximum absolute atomic E-state index is 12.4. The van der Waals surface area contributed by atoms with Gasteiger partial charge in [0, 0.05) is 37.0 Å². The molecule has 3 aromatic rings. The van der Waals surface area contributed by atoms with Gasteiger partial charge in [-0.2, -0.15) is 5.10 Å². The second kappa shape index (κ2) is 7.12. The van der Waals surface area contributed by atoms with Crippen molar-refractivity contribution in [2.24, 2.45) is 0 Å². The summed E-state index contributed by atoms with van der Waals surface area (Å²) in [6.45, 7) is 4.45. The van der Waals surface area contributed by atoms with Crippen molar-refractivity contribution in [2.75, 3.05) is 0 Å². The van der Waals surface area contributed by atoms with Gasteiger partial charge < -0.3 is 9.88 Å². The quantitative estimate of drug-likeness (QED) is 0.758. The monoisotopic (exact) mass is 323 g/mol. The van der Waals surface area contributed by atoms with Gasteiger partial charge in [0.2, 0.25) is 5.91 Å². The van der Waals surface area contributed by atoms with Crippen molar-refractivity contribution < 1.29 is 4.79 Å². The predicted octanol–water partition coefficient (Wildman–Crippen LogP) is 2.64. The van der Waals surface area contributed by atoms with E-state index in [0.717, 1.165) is 17.1 Å². The van der Waals surface area contributed by atoms with Gasteiger partial charge in [0.05, 0.1) is 0 Å². The van der Waals surface area contributed by atoms with Gasteiger partial charge in [0.1, 0.15) is 11.9 Å². The number of amides is 1. The lowest BCUT2D eigenvalue weighted by molar-refractivity contribution is -0.124. The molecule has 0 fully saturated rings. The van der Waals surface area contributed by atoms with Crippen LogP contribution in [0.3, 0.4) is 0 Å². The summed E-state index contributed by atoms with van der Waals surface area (Å²) in [5.74, 6) is 0.928. The van der Waals surface area contributed by atoms with Crippen molar-refractivity contribution in [1.82, 2.24) is 24.6 Å². The van der Waals surface area contributed by atoms with Crippen molar-refractivity contribution in [3.8, 4) is 5.69 Å². The fraction of sp³-hybridized carbons (Fsp3) is 0.278. The first kappa shape index (κ1) is 16.0. The van der Waals surface area contributed by atoms with Crippen LogP contribution in [-0.4, -0.2) is 25.2 Å². The minimum absolute atomic E-state index is 0.0178. The number of aryl methyl sites for hydroxylation is 1. The third-order valence-electron chi connectivity index (χ3n) is 4.04. The Morgan fingerprint density at radius 3 is 2.58 bits per heavy atom. The van der Waals surface area contributed by atoms with Gasteiger partial charge in [-0.1, -0.05) is 19.1 Å². The molecule has 3 rings (SSSR count). The van der Waals surface area contributed by atoms with Gasteiger partial charge in [0.15, 0.2) is 0 Å². The third kappa shape index (κ3) is 3.37. The molecule has 6 heteroatoms. The van der Waals surface area contributed by atoms with E-state index in [1.165, 1.54) is 0 Å². The molecule has 0 aliphatic heterocycles. The van der Waals surface area contributed by atoms with E-state index in [9.17, 15) is 4.79 Å². The van der Waals surface area contributed by atoms with Crippen LogP contribution in [0.5, 0.6) is 0 Å². The molecule has 0 saturated heterocycles. The largest absolute Gasteiger partial charge is 0.350 e. The van der Waals surface area contributed by atoms with Gasteiger partial charge in [0.25, 0.3) is 0 Å². The molecule has 0 aliphatic rings. The molecule has 1 atom stereocenters. The Morgan fingerprint density at radius 1 is 1.21 bits per heavy atom. The molecule has 0 saturated carbocycles. The number of carbonyl (C=O) groups excluding carboxylic acids is 1. The van der Waals surface area contributed by atoms with Crippen LogP contribution in [0.1, 0.15) is 30.8 Å². The van der Waals surface area contributed by atoms with Gasteiger partial charge in [-0.25, -0.2) is 4.98 Å². The average molecular weight is 323 g/mol. The first-order valence-electron chi connectivity index (χ1n) is 8.05. The normalized spacial score (nSPS) is 12.1. The molecule has 0 bridgehead atoms. The number of hydrogen-bond donors (Lipinski definition) is 1. The summed E-state index contributed by atoms with van der Waals surface area (Å²) < 4.78 is 3.72. The first-order chi connectivity index (χ1) is 11.7. The topological polar surface area (TPSA) is 64.7 Å². The van der Waals surface area contributed by atoms with Crippen LogP contribution in [-0.2, 0) is 11.3 Å². The minimum atomic E-state index is -0.270. The Hall–Kier alpha value is -2.89. The number of aromatic nitrogens is 4. The Kier molecular flexibility index (Phi) is 4.74. The van der Waals surface area contributed by atoms with E-state index < -0.39 is 0 Å². The molecule has 124 valence electrons. The van der Waals surface area contributed by atoms with Gasteiger partial charge in [-0.05, 0) is 37.1 Å². The number of nitrogens with zero attached hydrogens (tertiary/aromatic N) is 4. The summed E-state index contributed by atoms with van der Waals surface area (Å²) in [5.41, 5.74) is 2.11. The van der Waals surface area contributed by atoms with E-state index in [1.807, 2.05) is 61.1 Å². The molecule has 1 N–H and O–H groups in total. The summed E-state index contributed by atoms with van der Waals surface area (Å²) in [7, 11) is 0. The lowest BCUT2D eigenvalue weighted by Gasteiger charge is -2.15. The van der Waals surface area contributed by atoms with Crippen LogP contribution >= 0.6 is 0 Å². The number of nitrogens with one attached hydrogen (secondary N) is 1. The summed E-state index contributed by atoms with van der Waals surface area (Å²) in [6, 6.07) is 9.65. The molecule has 1 amide bonds. The zero-order valence-corrected chi connectivity index (χ0v) is 13.9. The van der Waals surface area contributed by atoms with E-state index in [-0.39, 0.29) is 11.9 Å². The number of imidazole rings is 1. The number of rotatable bonds is 6. The van der Waals surface area contributed by atoms with Crippen molar-refractivity contribution in [3.05, 3.63) is 66.5 Å². The molecule has 0 radical (unpaired) electrons. The average Bonchev–Trinajstić information content (AvgIpc) is 3.26. The van der Waals surface area contributed by atoms with E-state index in [4.69, 9.17) is 0 Å². The fourth-order valence-electron chi connectivity index (χ4n) is 2.69. The van der Waals surface area contributed by atoms with E-state index >= 15 is 0 Å². The fourth-order valence-corrected chi connectivity index (χ4v) is 2.69. The predicted molar refractivity (Wildman–Crippen MR) is 91.7 cm³/mol. The van der Waals surface area contributed by atoms with Crippen LogP contribution in [0.4, 0.5) is 0 Å². The maximum Gasteiger partial charge on any atom is 0.245 e. The second-order valence-corrected chi connectivity index (χ2v) is 5.64. The SMILES string of the molecule is CC[C@@H](C(=O)NCc1ccc(-n2ccnc2C)cc1)n1cccn1. The van der Waals surface area contributed by atoms with Gasteiger partial charge >= 0.3 is 0 Å². The highest BCUT2D eigenvalue weighted by molar-refractivity contribution is 5.80. The first-order valence-corrected chi connectivity index (χ1v) is 8.05. The van der Waals surface area contributed by atoms with E-state index in [0.29, 0.717) is 13.0 Å². The van der Waals surface area contributed by atoms with Crippen molar-refractivity contribution in [3.63, 3.8) is 0 Å². The second-order valence-electron chi connectivity index (χ2n) is 5.64. The molecule has 0 spiro atoms. The molecule has 1 aromatic carbocycles. The number of hydrogen-bond acceptors (Lipinski definition) is 3. The number of carbonyl (C=O) groups is 1. The summed E-state index contributed by atoms with van der Waals surface area (Å²) in [6.07, 6.45) is 7.92. The highest BCUT2D eigenvalue weighted by Crippen LogP contribution is 2.13. The third-order valence-corrected chi connectivity index (χ3v) is 4.04. The van der Waals surface area contributed by atoms with Crippen LogP contribution in [0, 0.1) is 6.92 Å². The van der Waals surface area contributed by atoms with Gasteiger partial charge in [-0.3, -0.25) is 9.48 Å². The molecular formula is C18H21N5O. The lowest BCUT2D eigenvalue weighted by atomic mass is 10.1. The van der Waals surface area contributed by atoms with Crippen LogP contribution in [0.2, 0.25) is 0 Å². The molecule has 0 aliphatic carbocycles. The Labute approximate surface area is 141 Å². The number of benzene rings is 1. The van der Waals surface area contributed by atoms with Gasteiger partial charge in [-0.15, -0.1) is 0 Å². The van der Waals surface area contributed by atoms with Crippen LogP contribution in [0.25, 0.3) is 5.69 Å². The summed E-state index contributed by atoms with van der Waals surface area (Å²) in [5, 5.41) is 7.14. The molecular weight excluding hydrogens is 302 g/mol. The van der Waals surface area contributed by atoms with Crippen LogP contribution in [0.15, 0.2) is 55.1 Å². The Bertz CT molecular complexity index is 789. The van der Waals surface area contributed by atoms with Crippen molar-refractivity contribution >= 4 is 5.91 Å². The lowest BCUT2D eigenvalue weighted by Crippen LogP contribution is -2.32. The summed E-state index contributed by atoms with van der Waals surface area (Å²) in [4.78, 5) is 16.6. The van der Waals surface area contributed by atoms with E-state index in [1.54, 1.807) is 17.1 Å². The Balaban J connectivity index is 1.62. The smallest absolute Gasteiger partial charge is 0.245 e. The highest BCUT2D eigenvalue weighted by Gasteiger charge is 2.17. The molecule has 0 unspecified atom stereocenters. The summed E-state index contributed by atoms with van der Waals surface area (Å²) >= 11 is 0. The zero-order valence-electron chi connectivity index (χ0n) is 13.9. The van der Waals surface area contributed by atoms with Crippen LogP contribution < -0.4 is 5.32 Å². The van der Waals surface area contributed by atoms with Crippen molar-refractivity contribution in [2.45, 2.75) is 32.9 Å². The molecule has 2 aromatic heterocycles. The maximum atomic E-state index is 12.4. The minimum Gasteiger partial charge on any atom is -0.350 e. The highest BCUT2D eigenvalue weighted by atomic mass is 16.2. The Morgan fingerprint density at radius 2 is 2.00 bits per heavy atom. The standard InChI is InChI=1S/C18H21N5O/c1-3-17(23-11-4-9-21-23)18(24)20-13-15-5-7-16(8-6-15)22-12-10-19-14(22)2/h4-12,17H,3,13H2,1-2H3,(H,20,24)/t17-/m0/s1. The molecule has 6 nitrogen and oxygen atoms in total. The zero-order chi connectivity index (χ0) is 16.9.